The van der Waals surface area contributed by atoms with E-state index in [4.69, 9.17) is 25.9 Å². The van der Waals surface area contributed by atoms with E-state index in [1.165, 1.54) is 11.1 Å². The van der Waals surface area contributed by atoms with E-state index in [1.54, 1.807) is 6.07 Å². The van der Waals surface area contributed by atoms with E-state index < -0.39 is 0 Å². The van der Waals surface area contributed by atoms with Crippen LogP contribution in [0.5, 0.6) is 0 Å². The van der Waals surface area contributed by atoms with Crippen molar-refractivity contribution in [3.8, 4) is 67.5 Å². The average Bonchev–Trinajstić information content (AvgIpc) is 3.60. The Morgan fingerprint density at radius 2 is 0.922 bits per heavy atom. The molecule has 9 rings (SSSR count). The van der Waals surface area contributed by atoms with Gasteiger partial charge in [0.1, 0.15) is 11.2 Å². The van der Waals surface area contributed by atoms with Crippen molar-refractivity contribution in [3.63, 3.8) is 0 Å². The number of hydrogen-bond donors (Lipinski definition) is 0. The molecule has 0 atom stereocenters. The van der Waals surface area contributed by atoms with Crippen molar-refractivity contribution in [3.05, 3.63) is 181 Å². The summed E-state index contributed by atoms with van der Waals surface area (Å²) in [5, 5.41) is 2.01. The van der Waals surface area contributed by atoms with Crippen molar-refractivity contribution in [1.82, 2.24) is 15.0 Å². The topological polar surface area (TPSA) is 56.2 Å². The van der Waals surface area contributed by atoms with Crippen LogP contribution in [0.3, 0.4) is 0 Å². The third-order valence-electron chi connectivity index (χ3n) is 9.13. The number of fused-ring (bicyclic) bond motifs is 3. The van der Waals surface area contributed by atoms with Gasteiger partial charge in [-0.25, -0.2) is 19.8 Å². The monoisotopic (exact) mass is 652 g/mol. The summed E-state index contributed by atoms with van der Waals surface area (Å²) in [4.78, 5) is 18.4. The molecule has 0 saturated carbocycles. The normalized spacial score (nSPS) is 11.1. The van der Waals surface area contributed by atoms with Crippen LogP contribution in [0.1, 0.15) is 0 Å². The molecule has 0 amide bonds. The Labute approximate surface area is 295 Å². The fourth-order valence-electron chi connectivity index (χ4n) is 6.65. The zero-order chi connectivity index (χ0) is 34.1. The van der Waals surface area contributed by atoms with Crippen molar-refractivity contribution in [1.29, 1.82) is 0 Å². The number of benzene rings is 7. The molecule has 0 spiro atoms. The lowest BCUT2D eigenvalue weighted by atomic mass is 9.94. The maximum absolute atomic E-state index is 7.52. The zero-order valence-corrected chi connectivity index (χ0v) is 27.4. The number of rotatable bonds is 6. The summed E-state index contributed by atoms with van der Waals surface area (Å²) in [5.74, 6) is 1.62. The standard InChI is InChI=1S/C46H28N4O/c1-47-38-21-10-20-36(28-38)45-48-44(31-14-6-3-7-15-31)49-46(50-45)37-24-25-41-40(29-37)43-39(22-11-23-42(43)51-41)35-19-9-18-34(27-35)33-17-8-16-32(26-33)30-12-4-2-5-13-30/h2-29H. The average molecular weight is 653 g/mol. The first-order chi connectivity index (χ1) is 25.2. The Bertz CT molecular complexity index is 2760. The third-order valence-corrected chi connectivity index (χ3v) is 9.13. The maximum atomic E-state index is 7.52. The Kier molecular flexibility index (Phi) is 7.46. The highest BCUT2D eigenvalue weighted by atomic mass is 16.3. The first-order valence-corrected chi connectivity index (χ1v) is 16.7. The van der Waals surface area contributed by atoms with Gasteiger partial charge < -0.3 is 4.42 Å². The molecule has 0 fully saturated rings. The minimum absolute atomic E-state index is 0.510. The fourth-order valence-corrected chi connectivity index (χ4v) is 6.65. The van der Waals surface area contributed by atoms with E-state index >= 15 is 0 Å². The lowest BCUT2D eigenvalue weighted by Crippen LogP contribution is -2.00. The Balaban J connectivity index is 1.17. The number of hydrogen-bond acceptors (Lipinski definition) is 4. The minimum Gasteiger partial charge on any atom is -0.456 e. The van der Waals surface area contributed by atoms with E-state index in [0.29, 0.717) is 23.2 Å². The summed E-state index contributed by atoms with van der Waals surface area (Å²) in [7, 11) is 0. The highest BCUT2D eigenvalue weighted by molar-refractivity contribution is 6.13. The fraction of sp³-hybridized carbons (Fsp3) is 0. The quantitative estimate of drug-likeness (QED) is 0.168. The molecule has 0 bridgehead atoms. The SMILES string of the molecule is [C-]#[N+]c1cccc(-c2nc(-c3ccccc3)nc(-c3ccc4oc5cccc(-c6cccc(-c7cccc(-c8ccccc8)c7)c6)c5c4c3)n2)c1. The molecule has 0 aliphatic rings. The van der Waals surface area contributed by atoms with E-state index in [0.717, 1.165) is 60.9 Å². The van der Waals surface area contributed by atoms with Gasteiger partial charge in [-0.3, -0.25) is 0 Å². The van der Waals surface area contributed by atoms with Crippen LogP contribution in [0, 0.1) is 6.57 Å². The Hall–Kier alpha value is -7.16. The van der Waals surface area contributed by atoms with Crippen LogP contribution in [-0.4, -0.2) is 15.0 Å². The summed E-state index contributed by atoms with van der Waals surface area (Å²) in [6.07, 6.45) is 0. The predicted molar refractivity (Wildman–Crippen MR) is 206 cm³/mol. The van der Waals surface area contributed by atoms with Gasteiger partial charge in [-0.2, -0.15) is 0 Å². The lowest BCUT2D eigenvalue weighted by Gasteiger charge is -2.10. The Morgan fingerprint density at radius 1 is 0.392 bits per heavy atom. The molecule has 51 heavy (non-hydrogen) atoms. The summed E-state index contributed by atoms with van der Waals surface area (Å²) in [6.45, 7) is 7.52. The molecule has 2 aromatic heterocycles. The molecule has 0 N–H and O–H groups in total. The molecule has 0 unspecified atom stereocenters. The number of nitrogens with zero attached hydrogens (tertiary/aromatic N) is 4. The minimum atomic E-state index is 0.510. The Morgan fingerprint density at radius 3 is 1.63 bits per heavy atom. The molecule has 5 heteroatoms. The molecule has 0 radical (unpaired) electrons. The molecular weight excluding hydrogens is 625 g/mol. The third kappa shape index (κ3) is 5.71. The van der Waals surface area contributed by atoms with Crippen molar-refractivity contribution >= 4 is 27.6 Å². The van der Waals surface area contributed by atoms with Crippen LogP contribution < -0.4 is 0 Å². The van der Waals surface area contributed by atoms with Crippen LogP contribution in [0.2, 0.25) is 0 Å². The molecule has 0 saturated heterocycles. The number of aromatic nitrogens is 3. The van der Waals surface area contributed by atoms with Gasteiger partial charge in [0.15, 0.2) is 23.2 Å². The largest absolute Gasteiger partial charge is 0.456 e. The van der Waals surface area contributed by atoms with Gasteiger partial charge in [-0.05, 0) is 75.8 Å². The summed E-state index contributed by atoms with van der Waals surface area (Å²) >= 11 is 0. The van der Waals surface area contributed by atoms with Gasteiger partial charge in [0.05, 0.1) is 6.57 Å². The van der Waals surface area contributed by atoms with E-state index in [-0.39, 0.29) is 0 Å². The zero-order valence-electron chi connectivity index (χ0n) is 27.4. The molecule has 9 aromatic rings. The van der Waals surface area contributed by atoms with E-state index in [9.17, 15) is 0 Å². The van der Waals surface area contributed by atoms with Crippen LogP contribution in [-0.2, 0) is 0 Å². The van der Waals surface area contributed by atoms with Gasteiger partial charge in [-0.15, -0.1) is 0 Å². The molecule has 0 aliphatic heterocycles. The molecule has 0 aliphatic carbocycles. The lowest BCUT2D eigenvalue weighted by molar-refractivity contribution is 0.669. The number of furan rings is 1. The van der Waals surface area contributed by atoms with Crippen molar-refractivity contribution in [2.45, 2.75) is 0 Å². The molecule has 7 aromatic carbocycles. The van der Waals surface area contributed by atoms with Crippen molar-refractivity contribution in [2.75, 3.05) is 0 Å². The van der Waals surface area contributed by atoms with E-state index in [2.05, 4.69) is 89.8 Å². The molecular formula is C46H28N4O. The summed E-state index contributed by atoms with van der Waals surface area (Å²) in [5.41, 5.74) is 11.5. The van der Waals surface area contributed by atoms with Crippen LogP contribution in [0.4, 0.5) is 5.69 Å². The second-order valence-electron chi connectivity index (χ2n) is 12.4. The van der Waals surface area contributed by atoms with Gasteiger partial charge >= 0.3 is 0 Å². The molecule has 5 nitrogen and oxygen atoms in total. The molecule has 2 heterocycles. The van der Waals surface area contributed by atoms with Crippen LogP contribution >= 0.6 is 0 Å². The van der Waals surface area contributed by atoms with Gasteiger partial charge in [0.25, 0.3) is 0 Å². The van der Waals surface area contributed by atoms with Crippen molar-refractivity contribution < 1.29 is 4.42 Å². The smallest absolute Gasteiger partial charge is 0.187 e. The predicted octanol–water partition coefficient (Wildman–Crippen LogP) is 12.3. The summed E-state index contributed by atoms with van der Waals surface area (Å²) in [6, 6.07) is 57.4. The highest BCUT2D eigenvalue weighted by Gasteiger charge is 2.17. The van der Waals surface area contributed by atoms with Crippen LogP contribution in [0.15, 0.2) is 174 Å². The van der Waals surface area contributed by atoms with Crippen molar-refractivity contribution in [2.24, 2.45) is 0 Å². The molecule has 238 valence electrons. The van der Waals surface area contributed by atoms with Gasteiger partial charge in [-0.1, -0.05) is 127 Å². The van der Waals surface area contributed by atoms with Gasteiger partial charge in [0.2, 0.25) is 0 Å². The first kappa shape index (κ1) is 29.9. The highest BCUT2D eigenvalue weighted by Crippen LogP contribution is 2.40. The van der Waals surface area contributed by atoms with Gasteiger partial charge in [0, 0.05) is 27.5 Å². The maximum Gasteiger partial charge on any atom is 0.187 e. The first-order valence-electron chi connectivity index (χ1n) is 16.7. The second-order valence-corrected chi connectivity index (χ2v) is 12.4. The van der Waals surface area contributed by atoms with E-state index in [1.807, 2.05) is 78.9 Å². The van der Waals surface area contributed by atoms with Crippen LogP contribution in [0.25, 0.3) is 94.3 Å². The summed E-state index contributed by atoms with van der Waals surface area (Å²) < 4.78 is 6.42. The second kappa shape index (κ2) is 12.7.